The molecular formula is C14H15ClN4O3. The van der Waals surface area contributed by atoms with Gasteiger partial charge in [-0.2, -0.15) is 0 Å². The van der Waals surface area contributed by atoms with Crippen LogP contribution in [0.3, 0.4) is 0 Å². The molecule has 0 spiro atoms. The molecule has 1 atom stereocenters. The number of amides is 5. The summed E-state index contributed by atoms with van der Waals surface area (Å²) >= 11 is 5.80. The first-order valence-corrected chi connectivity index (χ1v) is 7.34. The van der Waals surface area contributed by atoms with Gasteiger partial charge in [0.05, 0.1) is 12.6 Å². The Bertz CT molecular complexity index is 603. The number of hydrogen-bond acceptors (Lipinski definition) is 3. The maximum atomic E-state index is 12.2. The third-order valence-electron chi connectivity index (χ3n) is 3.79. The molecule has 0 aliphatic carbocycles. The molecule has 22 heavy (non-hydrogen) atoms. The molecule has 3 rings (SSSR count). The number of benzene rings is 1. The maximum absolute atomic E-state index is 12.2. The van der Waals surface area contributed by atoms with Crippen LogP contribution in [0.2, 0.25) is 5.02 Å². The summed E-state index contributed by atoms with van der Waals surface area (Å²) in [5, 5.41) is 5.86. The maximum Gasteiger partial charge on any atom is 0.324 e. The van der Waals surface area contributed by atoms with Gasteiger partial charge in [-0.15, -0.1) is 0 Å². The first kappa shape index (κ1) is 14.6. The number of carbonyl (C=O) groups excluding carboxylic acids is 3. The lowest BCUT2D eigenvalue weighted by Crippen LogP contribution is -2.43. The van der Waals surface area contributed by atoms with Gasteiger partial charge in [-0.05, 0) is 30.7 Å². The Morgan fingerprint density at radius 1 is 1.27 bits per heavy atom. The molecular weight excluding hydrogens is 308 g/mol. The molecule has 2 aliphatic heterocycles. The molecule has 2 heterocycles. The average molecular weight is 323 g/mol. The van der Waals surface area contributed by atoms with Gasteiger partial charge in [0.15, 0.2) is 0 Å². The summed E-state index contributed by atoms with van der Waals surface area (Å²) in [5.74, 6) is -0.241. The molecule has 1 aromatic rings. The van der Waals surface area contributed by atoms with Crippen LogP contribution in [0.4, 0.5) is 15.3 Å². The molecule has 116 valence electrons. The molecule has 2 saturated heterocycles. The molecule has 7 nitrogen and oxygen atoms in total. The van der Waals surface area contributed by atoms with Gasteiger partial charge in [0.25, 0.3) is 0 Å². The first-order chi connectivity index (χ1) is 10.5. The number of anilines is 1. The fourth-order valence-electron chi connectivity index (χ4n) is 2.68. The van der Waals surface area contributed by atoms with Crippen molar-refractivity contribution in [2.45, 2.75) is 12.5 Å². The van der Waals surface area contributed by atoms with Crippen LogP contribution < -0.4 is 10.6 Å². The van der Waals surface area contributed by atoms with Gasteiger partial charge in [0, 0.05) is 23.8 Å². The number of hydrogen-bond donors (Lipinski definition) is 2. The van der Waals surface area contributed by atoms with Gasteiger partial charge < -0.3 is 15.5 Å². The number of imide groups is 1. The topological polar surface area (TPSA) is 81.8 Å². The fourth-order valence-corrected chi connectivity index (χ4v) is 2.80. The molecule has 1 aromatic carbocycles. The van der Waals surface area contributed by atoms with Gasteiger partial charge in [0.1, 0.15) is 0 Å². The minimum Gasteiger partial charge on any atom is -0.329 e. The zero-order valence-electron chi connectivity index (χ0n) is 11.7. The number of carbonyl (C=O) groups is 3. The minimum atomic E-state index is -0.380. The van der Waals surface area contributed by atoms with Crippen molar-refractivity contribution in [1.29, 1.82) is 0 Å². The highest BCUT2D eigenvalue weighted by Gasteiger charge is 2.39. The van der Waals surface area contributed by atoms with Crippen LogP contribution in [0.25, 0.3) is 0 Å². The van der Waals surface area contributed by atoms with E-state index in [0.29, 0.717) is 30.2 Å². The number of likely N-dealkylation sites (tertiary alicyclic amines) is 1. The molecule has 8 heteroatoms. The minimum absolute atomic E-state index is 0.0340. The van der Waals surface area contributed by atoms with E-state index in [-0.39, 0.29) is 30.6 Å². The second-order valence-electron chi connectivity index (χ2n) is 5.25. The van der Waals surface area contributed by atoms with Gasteiger partial charge in [-0.1, -0.05) is 11.6 Å². The van der Waals surface area contributed by atoms with E-state index in [9.17, 15) is 14.4 Å². The zero-order valence-corrected chi connectivity index (χ0v) is 12.5. The van der Waals surface area contributed by atoms with Crippen molar-refractivity contribution in [3.8, 4) is 0 Å². The molecule has 5 amide bonds. The average Bonchev–Trinajstić information content (AvgIpc) is 3.08. The van der Waals surface area contributed by atoms with Gasteiger partial charge in [-0.3, -0.25) is 9.69 Å². The summed E-state index contributed by atoms with van der Waals surface area (Å²) in [5.41, 5.74) is 0.646. The molecule has 0 aromatic heterocycles. The van der Waals surface area contributed by atoms with Crippen LogP contribution in [-0.4, -0.2) is 53.4 Å². The third kappa shape index (κ3) is 2.85. The summed E-state index contributed by atoms with van der Waals surface area (Å²) in [6.07, 6.45) is 0.590. The molecule has 0 radical (unpaired) electrons. The Labute approximate surface area is 132 Å². The number of nitrogens with one attached hydrogen (secondary N) is 2. The van der Waals surface area contributed by atoms with Crippen LogP contribution in [0, 0.1) is 0 Å². The number of halogens is 1. The lowest BCUT2D eigenvalue weighted by atomic mass is 10.2. The van der Waals surface area contributed by atoms with E-state index in [4.69, 9.17) is 11.6 Å². The molecule has 2 fully saturated rings. The Morgan fingerprint density at radius 2 is 2.00 bits per heavy atom. The van der Waals surface area contributed by atoms with E-state index in [0.717, 1.165) is 0 Å². The van der Waals surface area contributed by atoms with Crippen molar-refractivity contribution in [3.05, 3.63) is 29.3 Å². The quantitative estimate of drug-likeness (QED) is 0.810. The van der Waals surface area contributed by atoms with Crippen LogP contribution in [0.15, 0.2) is 24.3 Å². The monoisotopic (exact) mass is 322 g/mol. The molecule has 0 bridgehead atoms. The smallest absolute Gasteiger partial charge is 0.324 e. The standard InChI is InChI=1S/C14H15ClN4O3/c15-9-1-3-10(4-2-9)17-14(22)18-6-5-11(8-18)19-12(20)7-16-13(19)21/h1-4,11H,5-8H2,(H,16,21)(H,17,22). The van der Waals surface area contributed by atoms with E-state index in [1.807, 2.05) is 0 Å². The summed E-state index contributed by atoms with van der Waals surface area (Å²) < 4.78 is 0. The fraction of sp³-hybridized carbons (Fsp3) is 0.357. The number of urea groups is 2. The van der Waals surface area contributed by atoms with Gasteiger partial charge in [0.2, 0.25) is 5.91 Å². The van der Waals surface area contributed by atoms with E-state index in [1.165, 1.54) is 4.90 Å². The van der Waals surface area contributed by atoms with Crippen molar-refractivity contribution in [2.24, 2.45) is 0 Å². The Morgan fingerprint density at radius 3 is 2.64 bits per heavy atom. The van der Waals surface area contributed by atoms with Gasteiger partial charge in [-0.25, -0.2) is 9.59 Å². The Hall–Kier alpha value is -2.28. The molecule has 1 unspecified atom stereocenters. The SMILES string of the molecule is O=C(Nc1ccc(Cl)cc1)N1CCC(N2C(=O)CNC2=O)C1. The van der Waals surface area contributed by atoms with E-state index >= 15 is 0 Å². The molecule has 2 N–H and O–H groups in total. The predicted molar refractivity (Wildman–Crippen MR) is 80.7 cm³/mol. The Balaban J connectivity index is 1.60. The van der Waals surface area contributed by atoms with E-state index in [1.54, 1.807) is 29.2 Å². The first-order valence-electron chi connectivity index (χ1n) is 6.96. The second-order valence-corrected chi connectivity index (χ2v) is 5.68. The summed E-state index contributed by atoms with van der Waals surface area (Å²) in [4.78, 5) is 38.3. The van der Waals surface area contributed by atoms with Crippen LogP contribution in [0.1, 0.15) is 6.42 Å². The highest BCUT2D eigenvalue weighted by atomic mass is 35.5. The van der Waals surface area contributed by atoms with Gasteiger partial charge >= 0.3 is 12.1 Å². The lowest BCUT2D eigenvalue weighted by Gasteiger charge is -2.21. The van der Waals surface area contributed by atoms with Crippen molar-refractivity contribution in [1.82, 2.24) is 15.1 Å². The van der Waals surface area contributed by atoms with Crippen molar-refractivity contribution >= 4 is 35.3 Å². The normalized spacial score (nSPS) is 21.2. The zero-order chi connectivity index (χ0) is 15.7. The van der Waals surface area contributed by atoms with Crippen molar-refractivity contribution < 1.29 is 14.4 Å². The van der Waals surface area contributed by atoms with Crippen molar-refractivity contribution in [2.75, 3.05) is 25.0 Å². The van der Waals surface area contributed by atoms with E-state index in [2.05, 4.69) is 10.6 Å². The van der Waals surface area contributed by atoms with Crippen molar-refractivity contribution in [3.63, 3.8) is 0 Å². The Kier molecular flexibility index (Phi) is 3.89. The highest BCUT2D eigenvalue weighted by Crippen LogP contribution is 2.20. The molecule has 2 aliphatic rings. The second kappa shape index (κ2) is 5.84. The van der Waals surface area contributed by atoms with E-state index < -0.39 is 0 Å². The number of rotatable bonds is 2. The van der Waals surface area contributed by atoms with Crippen LogP contribution in [0.5, 0.6) is 0 Å². The van der Waals surface area contributed by atoms with Crippen LogP contribution >= 0.6 is 11.6 Å². The predicted octanol–water partition coefficient (Wildman–Crippen LogP) is 1.50. The summed E-state index contributed by atoms with van der Waals surface area (Å²) in [7, 11) is 0. The van der Waals surface area contributed by atoms with Crippen LogP contribution in [-0.2, 0) is 4.79 Å². The summed E-state index contributed by atoms with van der Waals surface area (Å²) in [6.45, 7) is 0.881. The molecule has 0 saturated carbocycles. The largest absolute Gasteiger partial charge is 0.329 e. The third-order valence-corrected chi connectivity index (χ3v) is 4.04. The lowest BCUT2D eigenvalue weighted by molar-refractivity contribution is -0.126. The highest BCUT2D eigenvalue weighted by molar-refractivity contribution is 6.30. The summed E-state index contributed by atoms with van der Waals surface area (Å²) in [6, 6.07) is 5.92. The number of nitrogens with zero attached hydrogens (tertiary/aromatic N) is 2.